The molecule has 3 aromatic rings. The molecule has 6 heteroatoms. The molecule has 1 saturated heterocycles. The Morgan fingerprint density at radius 3 is 2.10 bits per heavy atom. The van der Waals surface area contributed by atoms with Gasteiger partial charge in [-0.15, -0.1) is 0 Å². The van der Waals surface area contributed by atoms with Crippen molar-refractivity contribution in [3.8, 4) is 0 Å². The second-order valence-corrected chi connectivity index (χ2v) is 8.90. The minimum Gasteiger partial charge on any atom is -0.345 e. The Bertz CT molecular complexity index is 1060. The number of amides is 2. The molecule has 0 spiro atoms. The zero-order chi connectivity index (χ0) is 21.3. The summed E-state index contributed by atoms with van der Waals surface area (Å²) < 4.78 is 0. The van der Waals surface area contributed by atoms with Crippen LogP contribution < -0.4 is 0 Å². The smallest absolute Gasteiger partial charge is 0.253 e. The van der Waals surface area contributed by atoms with Crippen LogP contribution in [-0.2, 0) is 5.41 Å². The number of H-pyrrole nitrogens is 1. The molecule has 156 valence electrons. The van der Waals surface area contributed by atoms with Gasteiger partial charge in [-0.1, -0.05) is 32.9 Å². The third-order valence-electron chi connectivity index (χ3n) is 5.74. The van der Waals surface area contributed by atoms with E-state index >= 15 is 0 Å². The molecular formula is C24H28N4O2. The normalized spacial score (nSPS) is 15.3. The molecule has 1 fully saturated rings. The number of carbonyl (C=O) groups is 2. The van der Waals surface area contributed by atoms with Crippen LogP contribution in [0.25, 0.3) is 11.0 Å². The van der Waals surface area contributed by atoms with Crippen molar-refractivity contribution >= 4 is 22.8 Å². The summed E-state index contributed by atoms with van der Waals surface area (Å²) in [6.07, 6.45) is 2.40. The minimum absolute atomic E-state index is 0.00432. The van der Waals surface area contributed by atoms with Crippen molar-refractivity contribution < 1.29 is 9.59 Å². The molecule has 2 amide bonds. The van der Waals surface area contributed by atoms with Gasteiger partial charge in [0.15, 0.2) is 0 Å². The number of nitrogens with one attached hydrogen (secondary N) is 1. The SMILES string of the molecule is CC(C)(C)c1ccc(C(=O)N2CCCN(C(=O)c3ccc4nc[nH]c4c3)CC2)cc1. The quantitative estimate of drug-likeness (QED) is 0.705. The topological polar surface area (TPSA) is 69.3 Å². The number of benzene rings is 2. The van der Waals surface area contributed by atoms with E-state index in [-0.39, 0.29) is 17.2 Å². The fraction of sp³-hybridized carbons (Fsp3) is 0.375. The van der Waals surface area contributed by atoms with E-state index in [2.05, 4.69) is 30.7 Å². The number of imidazole rings is 1. The third-order valence-corrected chi connectivity index (χ3v) is 5.74. The lowest BCUT2D eigenvalue weighted by molar-refractivity contribution is 0.0719. The number of aromatic nitrogens is 2. The molecule has 0 atom stereocenters. The molecule has 0 radical (unpaired) electrons. The Kier molecular flexibility index (Phi) is 5.33. The van der Waals surface area contributed by atoms with Crippen molar-refractivity contribution in [3.05, 3.63) is 65.5 Å². The first-order valence-electron chi connectivity index (χ1n) is 10.5. The van der Waals surface area contributed by atoms with Crippen molar-refractivity contribution in [2.75, 3.05) is 26.2 Å². The third kappa shape index (κ3) is 4.08. The van der Waals surface area contributed by atoms with Gasteiger partial charge >= 0.3 is 0 Å². The fourth-order valence-electron chi connectivity index (χ4n) is 3.87. The van der Waals surface area contributed by atoms with E-state index in [0.717, 1.165) is 17.5 Å². The minimum atomic E-state index is -0.00432. The van der Waals surface area contributed by atoms with Gasteiger partial charge in [-0.2, -0.15) is 0 Å². The summed E-state index contributed by atoms with van der Waals surface area (Å²) in [5.74, 6) is 0.0268. The summed E-state index contributed by atoms with van der Waals surface area (Å²) in [5.41, 5.74) is 4.31. The van der Waals surface area contributed by atoms with Gasteiger partial charge < -0.3 is 14.8 Å². The average molecular weight is 405 g/mol. The summed E-state index contributed by atoms with van der Waals surface area (Å²) in [6.45, 7) is 8.86. The lowest BCUT2D eigenvalue weighted by Gasteiger charge is -2.23. The fourth-order valence-corrected chi connectivity index (χ4v) is 3.87. The van der Waals surface area contributed by atoms with Crippen LogP contribution in [0.5, 0.6) is 0 Å². The summed E-state index contributed by atoms with van der Waals surface area (Å²) in [5, 5.41) is 0. The van der Waals surface area contributed by atoms with E-state index in [4.69, 9.17) is 0 Å². The molecule has 6 nitrogen and oxygen atoms in total. The zero-order valence-electron chi connectivity index (χ0n) is 17.8. The molecular weight excluding hydrogens is 376 g/mol. The zero-order valence-corrected chi connectivity index (χ0v) is 17.8. The monoisotopic (exact) mass is 404 g/mol. The van der Waals surface area contributed by atoms with Crippen molar-refractivity contribution in [2.45, 2.75) is 32.6 Å². The number of fused-ring (bicyclic) bond motifs is 1. The van der Waals surface area contributed by atoms with Crippen LogP contribution in [0.3, 0.4) is 0 Å². The predicted molar refractivity (Wildman–Crippen MR) is 118 cm³/mol. The number of hydrogen-bond donors (Lipinski definition) is 1. The van der Waals surface area contributed by atoms with Gasteiger partial charge in [-0.25, -0.2) is 4.98 Å². The highest BCUT2D eigenvalue weighted by Gasteiger charge is 2.24. The lowest BCUT2D eigenvalue weighted by atomic mass is 9.86. The second-order valence-electron chi connectivity index (χ2n) is 8.90. The molecule has 0 unspecified atom stereocenters. The molecule has 1 aliphatic heterocycles. The molecule has 2 aromatic carbocycles. The number of hydrogen-bond acceptors (Lipinski definition) is 3. The molecule has 1 aliphatic rings. The van der Waals surface area contributed by atoms with Gasteiger partial charge in [0, 0.05) is 37.3 Å². The van der Waals surface area contributed by atoms with Crippen molar-refractivity contribution in [1.82, 2.24) is 19.8 Å². The van der Waals surface area contributed by atoms with Crippen LogP contribution in [0.4, 0.5) is 0 Å². The first-order chi connectivity index (χ1) is 14.3. The molecule has 30 heavy (non-hydrogen) atoms. The maximum atomic E-state index is 13.0. The van der Waals surface area contributed by atoms with Gasteiger partial charge in [0.2, 0.25) is 0 Å². The Hall–Kier alpha value is -3.15. The number of rotatable bonds is 2. The van der Waals surface area contributed by atoms with Crippen molar-refractivity contribution in [2.24, 2.45) is 0 Å². The van der Waals surface area contributed by atoms with Crippen LogP contribution in [0.2, 0.25) is 0 Å². The first kappa shape index (κ1) is 20.1. The lowest BCUT2D eigenvalue weighted by Crippen LogP contribution is -2.37. The highest BCUT2D eigenvalue weighted by molar-refractivity contribution is 5.97. The predicted octanol–water partition coefficient (Wildman–Crippen LogP) is 3.85. The summed E-state index contributed by atoms with van der Waals surface area (Å²) >= 11 is 0. The Morgan fingerprint density at radius 1 is 0.867 bits per heavy atom. The molecule has 1 aromatic heterocycles. The van der Waals surface area contributed by atoms with Crippen LogP contribution in [0.1, 0.15) is 53.5 Å². The van der Waals surface area contributed by atoms with E-state index in [9.17, 15) is 9.59 Å². The van der Waals surface area contributed by atoms with Crippen molar-refractivity contribution in [1.29, 1.82) is 0 Å². The Balaban J connectivity index is 1.43. The summed E-state index contributed by atoms with van der Waals surface area (Å²) in [7, 11) is 0. The molecule has 4 rings (SSSR count). The van der Waals surface area contributed by atoms with E-state index < -0.39 is 0 Å². The molecule has 0 bridgehead atoms. The Labute approximate surface area is 176 Å². The first-order valence-corrected chi connectivity index (χ1v) is 10.5. The van der Waals surface area contributed by atoms with E-state index in [1.807, 2.05) is 52.3 Å². The standard InChI is InChI=1S/C24H28N4O2/c1-24(2,3)19-8-5-17(6-9-19)22(29)27-11-4-12-28(14-13-27)23(30)18-7-10-20-21(15-18)26-16-25-20/h5-10,15-16H,4,11-14H2,1-3H3,(H,25,26). The molecule has 1 N–H and O–H groups in total. The van der Waals surface area contributed by atoms with Crippen molar-refractivity contribution in [3.63, 3.8) is 0 Å². The van der Waals surface area contributed by atoms with Gasteiger partial charge in [0.05, 0.1) is 17.4 Å². The maximum absolute atomic E-state index is 13.0. The summed E-state index contributed by atoms with van der Waals surface area (Å²) in [6, 6.07) is 13.4. The summed E-state index contributed by atoms with van der Waals surface area (Å²) in [4.78, 5) is 36.9. The highest BCUT2D eigenvalue weighted by atomic mass is 16.2. The van der Waals surface area contributed by atoms with E-state index in [1.54, 1.807) is 6.33 Å². The largest absolute Gasteiger partial charge is 0.345 e. The van der Waals surface area contributed by atoms with Gasteiger partial charge in [0.1, 0.15) is 0 Å². The molecule has 0 aliphatic carbocycles. The maximum Gasteiger partial charge on any atom is 0.253 e. The Morgan fingerprint density at radius 2 is 1.47 bits per heavy atom. The average Bonchev–Trinajstić information content (AvgIpc) is 3.07. The van der Waals surface area contributed by atoms with Gasteiger partial charge in [-0.3, -0.25) is 9.59 Å². The number of nitrogens with zero attached hydrogens (tertiary/aromatic N) is 3. The van der Waals surface area contributed by atoms with Crippen LogP contribution in [0.15, 0.2) is 48.8 Å². The molecule has 2 heterocycles. The second kappa shape index (κ2) is 7.94. The van der Waals surface area contributed by atoms with Crippen LogP contribution >= 0.6 is 0 Å². The number of aromatic amines is 1. The van der Waals surface area contributed by atoms with Crippen LogP contribution in [0, 0.1) is 0 Å². The van der Waals surface area contributed by atoms with Crippen LogP contribution in [-0.4, -0.2) is 57.8 Å². The highest BCUT2D eigenvalue weighted by Crippen LogP contribution is 2.23. The van der Waals surface area contributed by atoms with Gasteiger partial charge in [0.25, 0.3) is 11.8 Å². The molecule has 0 saturated carbocycles. The van der Waals surface area contributed by atoms with E-state index in [1.165, 1.54) is 5.56 Å². The van der Waals surface area contributed by atoms with E-state index in [0.29, 0.717) is 37.3 Å². The number of carbonyl (C=O) groups excluding carboxylic acids is 2. The van der Waals surface area contributed by atoms with Gasteiger partial charge in [-0.05, 0) is 47.7 Å².